The number of para-hydroxylation sites is 1. The van der Waals surface area contributed by atoms with Gasteiger partial charge in [-0.05, 0) is 49.0 Å². The number of hydrogen-bond donors (Lipinski definition) is 2. The average molecular weight is 447 g/mol. The van der Waals surface area contributed by atoms with Gasteiger partial charge in [0.05, 0.1) is 0 Å². The van der Waals surface area contributed by atoms with Gasteiger partial charge in [0.1, 0.15) is 5.82 Å². The number of nitrogens with zero attached hydrogens (tertiary/aromatic N) is 2. The van der Waals surface area contributed by atoms with Crippen molar-refractivity contribution in [2.24, 2.45) is 0 Å². The molecule has 0 amide bonds. The summed E-state index contributed by atoms with van der Waals surface area (Å²) in [5.74, 6) is 0.691. The Bertz CT molecular complexity index is 711. The van der Waals surface area contributed by atoms with Gasteiger partial charge in [-0.15, -0.1) is 24.8 Å². The van der Waals surface area contributed by atoms with Crippen molar-refractivity contribution < 1.29 is 14.5 Å². The Morgan fingerprint density at radius 3 is 2.25 bits per heavy atom. The van der Waals surface area contributed by atoms with Crippen LogP contribution in [0.1, 0.15) is 6.42 Å². The van der Waals surface area contributed by atoms with E-state index in [1.807, 2.05) is 42.5 Å². The average Bonchev–Trinajstić information content (AvgIpc) is 2.67. The van der Waals surface area contributed by atoms with Crippen molar-refractivity contribution in [2.75, 3.05) is 43.4 Å². The third kappa shape index (κ3) is 7.87. The van der Waals surface area contributed by atoms with Crippen LogP contribution in [0.2, 0.25) is 0 Å². The summed E-state index contributed by atoms with van der Waals surface area (Å²) in [6, 6.07) is 16.4. The van der Waals surface area contributed by atoms with Gasteiger partial charge in [0.25, 0.3) is 0 Å². The molecule has 1 saturated heterocycles. The number of nitrogens with one attached hydrogen (secondary N) is 1. The number of rotatable bonds is 6. The maximum atomic E-state index is 13.0. The molecule has 2 N–H and O–H groups in total. The molecule has 1 heterocycles. The number of benzene rings is 2. The lowest BCUT2D eigenvalue weighted by molar-refractivity contribution is -0.360. The molecule has 0 unspecified atom stereocenters. The smallest absolute Gasteiger partial charge is 0.402 e. The van der Waals surface area contributed by atoms with Gasteiger partial charge in [-0.25, -0.2) is 4.39 Å². The number of aliphatic hydroxyl groups excluding tert-OH is 1. The zero-order chi connectivity index (χ0) is 18.2. The van der Waals surface area contributed by atoms with Crippen molar-refractivity contribution in [1.29, 1.82) is 0 Å². The monoisotopic (exact) mass is 446 g/mol. The molecule has 0 aliphatic carbocycles. The van der Waals surface area contributed by atoms with E-state index in [2.05, 4.69) is 14.8 Å². The summed E-state index contributed by atoms with van der Waals surface area (Å²) < 4.78 is 13.0. The fourth-order valence-corrected chi connectivity index (χ4v) is 3.68. The number of aliphatic hydroxyl groups is 1. The van der Waals surface area contributed by atoms with E-state index in [1.54, 1.807) is 0 Å². The van der Waals surface area contributed by atoms with Crippen LogP contribution in [0.5, 0.6) is 0 Å². The molecule has 0 aromatic heterocycles. The Morgan fingerprint density at radius 2 is 1.61 bits per heavy atom. The molecule has 3 rings (SSSR count). The molecular formula is C20H27Cl2FN3OS+. The van der Waals surface area contributed by atoms with Gasteiger partial charge in [0.15, 0.2) is 0 Å². The maximum absolute atomic E-state index is 13.0. The number of piperazine rings is 1. The predicted octanol–water partition coefficient (Wildman–Crippen LogP) is 3.24. The minimum atomic E-state index is -0.188. The fraction of sp³-hybridized carbons (Fsp3) is 0.350. The zero-order valence-electron chi connectivity index (χ0n) is 15.6. The first kappa shape index (κ1) is 24.6. The van der Waals surface area contributed by atoms with Gasteiger partial charge < -0.3 is 10.0 Å². The largest absolute Gasteiger partial charge is 0.455 e. The molecule has 1 fully saturated rings. The molecule has 1 aliphatic rings. The van der Waals surface area contributed by atoms with Crippen LogP contribution in [0.4, 0.5) is 15.8 Å². The molecule has 0 atom stereocenters. The van der Waals surface area contributed by atoms with Crippen LogP contribution in [0.3, 0.4) is 0 Å². The molecule has 0 radical (unpaired) electrons. The molecule has 154 valence electrons. The van der Waals surface area contributed by atoms with Crippen molar-refractivity contribution in [2.45, 2.75) is 6.42 Å². The summed E-state index contributed by atoms with van der Waals surface area (Å²) in [4.78, 5) is 7.74. The molecular weight excluding hydrogens is 420 g/mol. The normalized spacial score (nSPS) is 14.9. The minimum Gasteiger partial charge on any atom is -0.455 e. The number of thioether (sulfide) groups is 1. The second kappa shape index (κ2) is 12.9. The Labute approximate surface area is 182 Å². The third-order valence-corrected chi connectivity index (χ3v) is 5.31. The van der Waals surface area contributed by atoms with E-state index in [0.29, 0.717) is 0 Å². The van der Waals surface area contributed by atoms with Crippen LogP contribution in [0, 0.1) is 5.82 Å². The number of hydrogen-bond acceptors (Lipinski definition) is 3. The van der Waals surface area contributed by atoms with Gasteiger partial charge in [0.2, 0.25) is 5.69 Å². The van der Waals surface area contributed by atoms with Crippen molar-refractivity contribution in [3.63, 3.8) is 0 Å². The molecule has 4 nitrogen and oxygen atoms in total. The van der Waals surface area contributed by atoms with Crippen molar-refractivity contribution in [3.05, 3.63) is 60.4 Å². The van der Waals surface area contributed by atoms with Gasteiger partial charge in [-0.3, -0.25) is 4.90 Å². The van der Waals surface area contributed by atoms with Crippen LogP contribution >= 0.6 is 36.6 Å². The Kier molecular flexibility index (Phi) is 11.3. The fourth-order valence-electron chi connectivity index (χ4n) is 3.02. The van der Waals surface area contributed by atoms with E-state index >= 15 is 0 Å². The topological polar surface area (TPSA) is 40.7 Å². The lowest BCUT2D eigenvalue weighted by Crippen LogP contribution is -2.65. The number of halogens is 3. The maximum Gasteiger partial charge on any atom is 0.402 e. The highest BCUT2D eigenvalue weighted by atomic mass is 35.5. The SMILES string of the molecule is Cl.Cl.OC(=[NH+]c1ccccc1)SCCCN1CCN(c2ccc(F)cc2)CC1. The molecule has 28 heavy (non-hydrogen) atoms. The summed E-state index contributed by atoms with van der Waals surface area (Å²) >= 11 is 1.45. The van der Waals surface area contributed by atoms with E-state index in [-0.39, 0.29) is 35.9 Å². The Balaban J connectivity index is 0.00000196. The lowest BCUT2D eigenvalue weighted by Gasteiger charge is -2.36. The van der Waals surface area contributed by atoms with Crippen LogP contribution in [0.25, 0.3) is 0 Å². The van der Waals surface area contributed by atoms with Gasteiger partial charge >= 0.3 is 5.23 Å². The van der Waals surface area contributed by atoms with Crippen LogP contribution < -0.4 is 9.89 Å². The quantitative estimate of drug-likeness (QED) is 0.405. The molecule has 8 heteroatoms. The molecule has 0 spiro atoms. The molecule has 0 saturated carbocycles. The number of anilines is 1. The van der Waals surface area contributed by atoms with Gasteiger partial charge in [0, 0.05) is 49.8 Å². The Hall–Kier alpha value is -1.47. The molecule has 2 aromatic carbocycles. The lowest BCUT2D eigenvalue weighted by atomic mass is 10.2. The summed E-state index contributed by atoms with van der Waals surface area (Å²) in [6.07, 6.45) is 1.03. The van der Waals surface area contributed by atoms with E-state index < -0.39 is 0 Å². The van der Waals surface area contributed by atoms with E-state index in [9.17, 15) is 9.50 Å². The van der Waals surface area contributed by atoms with E-state index in [4.69, 9.17) is 0 Å². The summed E-state index contributed by atoms with van der Waals surface area (Å²) in [5.41, 5.74) is 1.99. The van der Waals surface area contributed by atoms with Crippen molar-refractivity contribution in [3.8, 4) is 0 Å². The third-order valence-electron chi connectivity index (χ3n) is 4.45. The summed E-state index contributed by atoms with van der Waals surface area (Å²) in [5, 5.41) is 10.2. The first-order valence-electron chi connectivity index (χ1n) is 8.94. The van der Waals surface area contributed by atoms with Crippen molar-refractivity contribution in [1.82, 2.24) is 4.90 Å². The second-order valence-electron chi connectivity index (χ2n) is 6.30. The Morgan fingerprint density at radius 1 is 0.964 bits per heavy atom. The summed E-state index contributed by atoms with van der Waals surface area (Å²) in [6.45, 7) is 4.99. The van der Waals surface area contributed by atoms with E-state index in [1.165, 1.54) is 23.9 Å². The zero-order valence-corrected chi connectivity index (χ0v) is 18.0. The van der Waals surface area contributed by atoms with Crippen LogP contribution in [0.15, 0.2) is 54.6 Å². The molecule has 0 bridgehead atoms. The first-order chi connectivity index (χ1) is 12.7. The van der Waals surface area contributed by atoms with Gasteiger partial charge in [-0.1, -0.05) is 18.2 Å². The second-order valence-corrected chi connectivity index (χ2v) is 7.39. The summed E-state index contributed by atoms with van der Waals surface area (Å²) in [7, 11) is 0. The van der Waals surface area contributed by atoms with Crippen molar-refractivity contribution >= 4 is 53.2 Å². The van der Waals surface area contributed by atoms with Gasteiger partial charge in [-0.2, -0.15) is 4.99 Å². The standard InChI is InChI=1S/C20H24FN3OS.2ClH/c21-17-7-9-19(10-8-17)24-14-12-23(13-15-24)11-4-16-26-20(25)22-18-5-2-1-3-6-18;;/h1-3,5-10H,4,11-16H2,(H,22,25);2*1H/p+1. The highest BCUT2D eigenvalue weighted by Crippen LogP contribution is 2.17. The highest BCUT2D eigenvalue weighted by Gasteiger charge is 2.17. The van der Waals surface area contributed by atoms with Crippen LogP contribution in [-0.4, -0.2) is 53.7 Å². The van der Waals surface area contributed by atoms with Crippen LogP contribution in [-0.2, 0) is 0 Å². The first-order valence-corrected chi connectivity index (χ1v) is 9.93. The molecule has 2 aromatic rings. The van der Waals surface area contributed by atoms with E-state index in [0.717, 1.165) is 56.3 Å². The minimum absolute atomic E-state index is 0. The molecule has 1 aliphatic heterocycles. The highest BCUT2D eigenvalue weighted by molar-refractivity contribution is 8.13. The predicted molar refractivity (Wildman–Crippen MR) is 121 cm³/mol.